The minimum absolute atomic E-state index is 0.0172. The highest BCUT2D eigenvalue weighted by molar-refractivity contribution is 7.12. The molecule has 1 fully saturated rings. The number of carbonyl (C=O) groups excluding carboxylic acids is 1. The molecule has 0 bridgehead atoms. The van der Waals surface area contributed by atoms with Gasteiger partial charge in [0.25, 0.3) is 0 Å². The average Bonchev–Trinajstić information content (AvgIpc) is 3.00. The summed E-state index contributed by atoms with van der Waals surface area (Å²) in [6.45, 7) is 4.24. The van der Waals surface area contributed by atoms with Crippen molar-refractivity contribution in [1.82, 2.24) is 4.90 Å². The summed E-state index contributed by atoms with van der Waals surface area (Å²) in [4.78, 5) is 17.0. The molecule has 0 radical (unpaired) electrons. The number of rotatable bonds is 1. The number of aryl methyl sites for hydroxylation is 1. The fourth-order valence-corrected chi connectivity index (χ4v) is 4.71. The number of amides is 1. The van der Waals surface area contributed by atoms with Crippen molar-refractivity contribution in [2.45, 2.75) is 38.5 Å². The van der Waals surface area contributed by atoms with Crippen molar-refractivity contribution in [3.63, 3.8) is 0 Å². The molecule has 1 saturated heterocycles. The van der Waals surface area contributed by atoms with Gasteiger partial charge in [-0.2, -0.15) is 0 Å². The molecule has 0 saturated carbocycles. The van der Waals surface area contributed by atoms with Crippen LogP contribution in [0.3, 0.4) is 0 Å². The van der Waals surface area contributed by atoms with E-state index in [2.05, 4.69) is 19.9 Å². The molecule has 3 nitrogen and oxygen atoms in total. The highest BCUT2D eigenvalue weighted by atomic mass is 32.1. The number of hydrogen-bond acceptors (Lipinski definition) is 3. The summed E-state index contributed by atoms with van der Waals surface area (Å²) in [5, 5.41) is 0. The van der Waals surface area contributed by atoms with Crippen LogP contribution in [0, 0.1) is 6.92 Å². The lowest BCUT2D eigenvalue weighted by molar-refractivity contribution is 0.128. The Balaban J connectivity index is 1.84. The Bertz CT molecular complexity index is 694. The van der Waals surface area contributed by atoms with Crippen LogP contribution in [0.4, 0.5) is 4.79 Å². The molecule has 2 aliphatic rings. The third-order valence-corrected chi connectivity index (χ3v) is 5.48. The lowest BCUT2D eigenvalue weighted by Gasteiger charge is -2.34. The third-order valence-electron chi connectivity index (χ3n) is 4.39. The molecular formula is C17H17NO2S. The molecular weight excluding hydrogens is 282 g/mol. The van der Waals surface area contributed by atoms with Crippen molar-refractivity contribution < 1.29 is 9.53 Å². The summed E-state index contributed by atoms with van der Waals surface area (Å²) in [5.74, 6) is 0. The zero-order valence-corrected chi connectivity index (χ0v) is 12.9. The fourth-order valence-electron chi connectivity index (χ4n) is 3.51. The van der Waals surface area contributed by atoms with E-state index in [1.807, 2.05) is 46.6 Å². The zero-order valence-electron chi connectivity index (χ0n) is 12.1. The topological polar surface area (TPSA) is 29.5 Å². The Hall–Kier alpha value is -1.81. The quantitative estimate of drug-likeness (QED) is 0.788. The number of ether oxygens (including phenoxy) is 1. The van der Waals surface area contributed by atoms with Crippen LogP contribution in [-0.4, -0.2) is 17.0 Å². The van der Waals surface area contributed by atoms with Crippen LogP contribution < -0.4 is 0 Å². The van der Waals surface area contributed by atoms with E-state index in [1.165, 1.54) is 15.3 Å². The molecule has 1 amide bonds. The van der Waals surface area contributed by atoms with Gasteiger partial charge in [0, 0.05) is 22.2 Å². The number of fused-ring (bicyclic) bond motifs is 3. The fraction of sp³-hybridized carbons (Fsp3) is 0.353. The molecule has 0 N–H and O–H groups in total. The third kappa shape index (κ3) is 1.89. The Kier molecular flexibility index (Phi) is 2.82. The predicted molar refractivity (Wildman–Crippen MR) is 82.5 cm³/mol. The first kappa shape index (κ1) is 12.9. The number of thiophene rings is 1. The molecule has 4 rings (SSSR count). The van der Waals surface area contributed by atoms with Gasteiger partial charge in [-0.25, -0.2) is 4.79 Å². The van der Waals surface area contributed by atoms with Gasteiger partial charge in [0.05, 0.1) is 0 Å². The first-order chi connectivity index (χ1) is 10.1. The van der Waals surface area contributed by atoms with E-state index in [0.717, 1.165) is 12.0 Å². The predicted octanol–water partition coefficient (Wildman–Crippen LogP) is 4.24. The van der Waals surface area contributed by atoms with E-state index < -0.39 is 0 Å². The summed E-state index contributed by atoms with van der Waals surface area (Å²) in [5.41, 5.74) is 2.34. The molecule has 4 heteroatoms. The number of hydrogen-bond donors (Lipinski definition) is 0. The van der Waals surface area contributed by atoms with Gasteiger partial charge in [0.1, 0.15) is 6.04 Å². The molecule has 3 heterocycles. The Morgan fingerprint density at radius 3 is 2.81 bits per heavy atom. The lowest BCUT2D eigenvalue weighted by Crippen LogP contribution is -2.40. The van der Waals surface area contributed by atoms with E-state index in [9.17, 15) is 4.79 Å². The molecule has 21 heavy (non-hydrogen) atoms. The molecule has 0 spiro atoms. The molecule has 108 valence electrons. The van der Waals surface area contributed by atoms with Gasteiger partial charge in [-0.05, 0) is 31.0 Å². The summed E-state index contributed by atoms with van der Waals surface area (Å²) in [7, 11) is 0. The highest BCUT2D eigenvalue weighted by Gasteiger charge is 2.49. The molecule has 2 aromatic rings. The number of benzene rings is 1. The second kappa shape index (κ2) is 4.60. The molecule has 3 atom stereocenters. The van der Waals surface area contributed by atoms with Gasteiger partial charge in [-0.15, -0.1) is 11.3 Å². The van der Waals surface area contributed by atoms with Crippen molar-refractivity contribution >= 4 is 17.4 Å². The van der Waals surface area contributed by atoms with Gasteiger partial charge in [0.2, 0.25) is 0 Å². The van der Waals surface area contributed by atoms with E-state index in [4.69, 9.17) is 4.74 Å². The summed E-state index contributed by atoms with van der Waals surface area (Å²) >= 11 is 1.85. The van der Waals surface area contributed by atoms with E-state index in [1.54, 1.807) is 0 Å². The van der Waals surface area contributed by atoms with Gasteiger partial charge in [-0.1, -0.05) is 30.3 Å². The first-order valence-electron chi connectivity index (χ1n) is 7.28. The van der Waals surface area contributed by atoms with Crippen LogP contribution in [0.15, 0.2) is 36.4 Å². The van der Waals surface area contributed by atoms with Gasteiger partial charge >= 0.3 is 6.09 Å². The molecule has 0 aliphatic carbocycles. The second-order valence-corrected chi connectivity index (χ2v) is 7.20. The number of nitrogens with zero attached hydrogens (tertiary/aromatic N) is 1. The second-order valence-electron chi connectivity index (χ2n) is 5.86. The van der Waals surface area contributed by atoms with Gasteiger partial charge in [-0.3, -0.25) is 4.90 Å². The first-order valence-corrected chi connectivity index (χ1v) is 8.10. The highest BCUT2D eigenvalue weighted by Crippen LogP contribution is 2.49. The average molecular weight is 299 g/mol. The van der Waals surface area contributed by atoms with Crippen LogP contribution in [0.25, 0.3) is 0 Å². The molecule has 1 aromatic heterocycles. The summed E-state index contributed by atoms with van der Waals surface area (Å²) in [6, 6.07) is 12.5. The van der Waals surface area contributed by atoms with Crippen molar-refractivity contribution in [2.24, 2.45) is 0 Å². The van der Waals surface area contributed by atoms with E-state index in [0.29, 0.717) is 0 Å². The SMILES string of the molecule is Cc1cc2c(s1)C[C@@H](C)N1C(=O)O[C@H](c3ccccc3)[C@H]21. The van der Waals surface area contributed by atoms with Crippen molar-refractivity contribution in [3.8, 4) is 0 Å². The molecule has 2 aliphatic heterocycles. The lowest BCUT2D eigenvalue weighted by atomic mass is 9.90. The number of carbonyl (C=O) groups is 1. The van der Waals surface area contributed by atoms with Crippen LogP contribution in [0.5, 0.6) is 0 Å². The van der Waals surface area contributed by atoms with Crippen LogP contribution >= 0.6 is 11.3 Å². The Labute approximate surface area is 128 Å². The van der Waals surface area contributed by atoms with Crippen molar-refractivity contribution in [3.05, 3.63) is 57.3 Å². The standard InChI is InChI=1S/C17H17NO2S/c1-10-8-14-13(9-11(2)21-14)15-16(20-17(19)18(10)15)12-6-4-3-5-7-12/h3-7,9-10,15-16H,8H2,1-2H3/t10-,15+,16-/m1/s1. The van der Waals surface area contributed by atoms with E-state index in [-0.39, 0.29) is 24.3 Å². The maximum atomic E-state index is 12.3. The normalized spacial score (nSPS) is 27.2. The summed E-state index contributed by atoms with van der Waals surface area (Å²) < 4.78 is 5.72. The van der Waals surface area contributed by atoms with Gasteiger partial charge in [0.15, 0.2) is 6.10 Å². The smallest absolute Gasteiger partial charge is 0.411 e. The minimum atomic E-state index is -0.200. The van der Waals surface area contributed by atoms with Crippen LogP contribution in [0.1, 0.15) is 40.0 Å². The maximum Gasteiger partial charge on any atom is 0.411 e. The molecule has 1 aromatic carbocycles. The van der Waals surface area contributed by atoms with E-state index >= 15 is 0 Å². The number of cyclic esters (lactones) is 1. The zero-order chi connectivity index (χ0) is 14.6. The maximum absolute atomic E-state index is 12.3. The van der Waals surface area contributed by atoms with Gasteiger partial charge < -0.3 is 4.74 Å². The monoisotopic (exact) mass is 299 g/mol. The Morgan fingerprint density at radius 1 is 1.29 bits per heavy atom. The molecule has 0 unspecified atom stereocenters. The van der Waals surface area contributed by atoms with Crippen LogP contribution in [0.2, 0.25) is 0 Å². The van der Waals surface area contributed by atoms with Crippen molar-refractivity contribution in [2.75, 3.05) is 0 Å². The summed E-state index contributed by atoms with van der Waals surface area (Å²) in [6.07, 6.45) is 0.547. The largest absolute Gasteiger partial charge is 0.439 e. The Morgan fingerprint density at radius 2 is 2.05 bits per heavy atom. The minimum Gasteiger partial charge on any atom is -0.439 e. The van der Waals surface area contributed by atoms with Crippen molar-refractivity contribution in [1.29, 1.82) is 0 Å². The van der Waals surface area contributed by atoms with Crippen LogP contribution in [-0.2, 0) is 11.2 Å².